The molecule has 168 valence electrons. The molecule has 5 nitrogen and oxygen atoms in total. The molecule has 0 bridgehead atoms. The van der Waals surface area contributed by atoms with Gasteiger partial charge in [-0.25, -0.2) is 0 Å². The number of hydrogen-bond donors (Lipinski definition) is 1. The molecule has 0 aliphatic heterocycles. The Labute approximate surface area is 210 Å². The third-order valence-corrected chi connectivity index (χ3v) is 5.84. The number of rotatable bonds is 7. The Morgan fingerprint density at radius 3 is 2.55 bits per heavy atom. The Morgan fingerprint density at radius 2 is 1.91 bits per heavy atom. The molecule has 33 heavy (non-hydrogen) atoms. The van der Waals surface area contributed by atoms with Crippen molar-refractivity contribution in [1.29, 1.82) is 5.26 Å². The summed E-state index contributed by atoms with van der Waals surface area (Å²) in [5, 5.41) is 13.3. The predicted molar refractivity (Wildman–Crippen MR) is 135 cm³/mol. The average molecular weight is 546 g/mol. The quantitative estimate of drug-likeness (QED) is 0.252. The largest absolute Gasteiger partial charge is 0.493 e. The van der Waals surface area contributed by atoms with Gasteiger partial charge in [0.05, 0.1) is 22.3 Å². The van der Waals surface area contributed by atoms with E-state index >= 15 is 0 Å². The van der Waals surface area contributed by atoms with E-state index in [1.165, 1.54) is 13.2 Å². The lowest BCUT2D eigenvalue weighted by Crippen LogP contribution is -2.14. The van der Waals surface area contributed by atoms with E-state index in [0.29, 0.717) is 43.9 Å². The summed E-state index contributed by atoms with van der Waals surface area (Å²) in [5.74, 6) is 0.385. The van der Waals surface area contributed by atoms with Crippen molar-refractivity contribution in [2.75, 3.05) is 12.4 Å². The van der Waals surface area contributed by atoms with E-state index in [1.807, 2.05) is 31.2 Å². The molecule has 0 atom stereocenters. The highest BCUT2D eigenvalue weighted by molar-refractivity contribution is 9.10. The Balaban J connectivity index is 1.84. The zero-order chi connectivity index (χ0) is 24.0. The Hall–Kier alpha value is -2.98. The molecule has 0 unspecified atom stereocenters. The molecule has 3 rings (SSSR count). The van der Waals surface area contributed by atoms with Crippen LogP contribution in [0.1, 0.15) is 16.7 Å². The van der Waals surface area contributed by atoms with Gasteiger partial charge in [0.2, 0.25) is 0 Å². The Bertz CT molecular complexity index is 1230. The molecule has 8 heteroatoms. The highest BCUT2D eigenvalue weighted by Gasteiger charge is 2.16. The molecule has 1 N–H and O–H groups in total. The van der Waals surface area contributed by atoms with Gasteiger partial charge >= 0.3 is 0 Å². The number of amides is 1. The fraction of sp³-hybridized carbons (Fsp3) is 0.120. The van der Waals surface area contributed by atoms with E-state index in [-0.39, 0.29) is 5.57 Å². The molecule has 1 amide bonds. The van der Waals surface area contributed by atoms with Gasteiger partial charge in [0.25, 0.3) is 5.91 Å². The fourth-order valence-electron chi connectivity index (χ4n) is 2.99. The predicted octanol–water partition coefficient (Wildman–Crippen LogP) is 7.20. The van der Waals surface area contributed by atoms with Crippen molar-refractivity contribution in [3.63, 3.8) is 0 Å². The zero-order valence-corrected chi connectivity index (χ0v) is 20.9. The molecule has 3 aromatic carbocycles. The summed E-state index contributed by atoms with van der Waals surface area (Å²) in [4.78, 5) is 12.7. The molecule has 0 aromatic heterocycles. The van der Waals surface area contributed by atoms with Crippen LogP contribution in [0.15, 0.2) is 64.6 Å². The number of carbonyl (C=O) groups is 1. The number of carbonyl (C=O) groups excluding carboxylic acids is 1. The average Bonchev–Trinajstić information content (AvgIpc) is 2.79. The van der Waals surface area contributed by atoms with Crippen LogP contribution in [0.4, 0.5) is 5.69 Å². The van der Waals surface area contributed by atoms with Gasteiger partial charge in [-0.05, 0) is 76.0 Å². The second kappa shape index (κ2) is 11.2. The van der Waals surface area contributed by atoms with Crippen LogP contribution in [0.25, 0.3) is 6.08 Å². The molecular weight excluding hydrogens is 527 g/mol. The third-order valence-electron chi connectivity index (χ3n) is 4.68. The van der Waals surface area contributed by atoms with Crippen molar-refractivity contribution in [2.24, 2.45) is 0 Å². The molecule has 0 fully saturated rings. The number of para-hydroxylation sites is 1. The SMILES string of the molecule is COc1cc(/C=C(\C#N)C(=O)Nc2c(C)cccc2Cl)cc(Br)c1OCc1ccc(Cl)cc1. The number of nitrogens with zero attached hydrogens (tertiary/aromatic N) is 1. The topological polar surface area (TPSA) is 71.3 Å². The standard InChI is InChI=1S/C25H19BrCl2N2O3/c1-15-4-3-5-21(28)23(15)30-25(31)18(13-29)10-17-11-20(26)24(22(12-17)32-2)33-14-16-6-8-19(27)9-7-16/h3-12H,14H2,1-2H3,(H,30,31)/b18-10+. The summed E-state index contributed by atoms with van der Waals surface area (Å²) in [6.07, 6.45) is 1.47. The lowest BCUT2D eigenvalue weighted by atomic mass is 10.1. The van der Waals surface area contributed by atoms with E-state index in [9.17, 15) is 10.1 Å². The molecule has 0 heterocycles. The van der Waals surface area contributed by atoms with Crippen molar-refractivity contribution < 1.29 is 14.3 Å². The number of ether oxygens (including phenoxy) is 2. The minimum Gasteiger partial charge on any atom is -0.493 e. The summed E-state index contributed by atoms with van der Waals surface area (Å²) in [6, 6.07) is 18.0. The number of nitrogens with one attached hydrogen (secondary N) is 1. The number of hydrogen-bond acceptors (Lipinski definition) is 4. The first kappa shape index (κ1) is 24.7. The van der Waals surface area contributed by atoms with Gasteiger partial charge in [-0.2, -0.15) is 5.26 Å². The maximum absolute atomic E-state index is 12.7. The number of nitriles is 1. The van der Waals surface area contributed by atoms with Gasteiger partial charge in [-0.1, -0.05) is 47.5 Å². The van der Waals surface area contributed by atoms with Crippen LogP contribution in [0.3, 0.4) is 0 Å². The van der Waals surface area contributed by atoms with Crippen LogP contribution in [-0.4, -0.2) is 13.0 Å². The van der Waals surface area contributed by atoms with E-state index in [0.717, 1.165) is 11.1 Å². The molecule has 0 aliphatic rings. The molecule has 0 spiro atoms. The smallest absolute Gasteiger partial charge is 0.266 e. The van der Waals surface area contributed by atoms with Gasteiger partial charge in [0.15, 0.2) is 11.5 Å². The van der Waals surface area contributed by atoms with Gasteiger partial charge in [-0.3, -0.25) is 4.79 Å². The Morgan fingerprint density at radius 1 is 1.18 bits per heavy atom. The maximum atomic E-state index is 12.7. The van der Waals surface area contributed by atoms with Crippen LogP contribution >= 0.6 is 39.1 Å². The van der Waals surface area contributed by atoms with Gasteiger partial charge in [-0.15, -0.1) is 0 Å². The Kier molecular flexibility index (Phi) is 8.40. The molecule has 0 aliphatic carbocycles. The first-order chi connectivity index (χ1) is 15.8. The number of anilines is 1. The maximum Gasteiger partial charge on any atom is 0.266 e. The lowest BCUT2D eigenvalue weighted by Gasteiger charge is -2.14. The van der Waals surface area contributed by atoms with E-state index in [1.54, 1.807) is 36.4 Å². The molecule has 3 aromatic rings. The van der Waals surface area contributed by atoms with Crippen LogP contribution in [0, 0.1) is 18.3 Å². The summed E-state index contributed by atoms with van der Waals surface area (Å²) in [5.41, 5.74) is 2.70. The van der Waals surface area contributed by atoms with Gasteiger partial charge in [0, 0.05) is 5.02 Å². The van der Waals surface area contributed by atoms with Crippen molar-refractivity contribution in [3.8, 4) is 17.6 Å². The lowest BCUT2D eigenvalue weighted by molar-refractivity contribution is -0.112. The van der Waals surface area contributed by atoms with Crippen LogP contribution in [0.2, 0.25) is 10.0 Å². The van der Waals surface area contributed by atoms with Crippen LogP contribution < -0.4 is 14.8 Å². The van der Waals surface area contributed by atoms with Crippen molar-refractivity contribution >= 4 is 56.8 Å². The third kappa shape index (κ3) is 6.29. The van der Waals surface area contributed by atoms with Gasteiger partial charge in [0.1, 0.15) is 18.2 Å². The highest BCUT2D eigenvalue weighted by Crippen LogP contribution is 2.38. The fourth-order valence-corrected chi connectivity index (χ4v) is 3.95. The summed E-state index contributed by atoms with van der Waals surface area (Å²) < 4.78 is 12.0. The number of benzene rings is 3. The second-order valence-corrected chi connectivity index (χ2v) is 8.70. The zero-order valence-electron chi connectivity index (χ0n) is 17.8. The van der Waals surface area contributed by atoms with Crippen LogP contribution in [0.5, 0.6) is 11.5 Å². The monoisotopic (exact) mass is 544 g/mol. The summed E-state index contributed by atoms with van der Waals surface area (Å²) in [6.45, 7) is 2.13. The van der Waals surface area contributed by atoms with Crippen LogP contribution in [-0.2, 0) is 11.4 Å². The summed E-state index contributed by atoms with van der Waals surface area (Å²) in [7, 11) is 1.52. The van der Waals surface area contributed by atoms with Crippen molar-refractivity contribution in [3.05, 3.63) is 91.4 Å². The second-order valence-electron chi connectivity index (χ2n) is 7.00. The molecular formula is C25H19BrCl2N2O3. The first-order valence-corrected chi connectivity index (χ1v) is 11.3. The summed E-state index contributed by atoms with van der Waals surface area (Å²) >= 11 is 15.6. The molecule has 0 saturated carbocycles. The number of halogens is 3. The van der Waals surface area contributed by atoms with Gasteiger partial charge < -0.3 is 14.8 Å². The minimum absolute atomic E-state index is 0.0851. The highest BCUT2D eigenvalue weighted by atomic mass is 79.9. The van der Waals surface area contributed by atoms with Crippen molar-refractivity contribution in [1.82, 2.24) is 0 Å². The van der Waals surface area contributed by atoms with Crippen molar-refractivity contribution in [2.45, 2.75) is 13.5 Å². The van der Waals surface area contributed by atoms with E-state index in [2.05, 4.69) is 21.2 Å². The molecule has 0 radical (unpaired) electrons. The minimum atomic E-state index is -0.563. The molecule has 0 saturated heterocycles. The van der Waals surface area contributed by atoms with E-state index in [4.69, 9.17) is 32.7 Å². The first-order valence-electron chi connectivity index (χ1n) is 9.75. The van der Waals surface area contributed by atoms with E-state index < -0.39 is 5.91 Å². The number of aryl methyl sites for hydroxylation is 1. The number of methoxy groups -OCH3 is 1. The normalized spacial score (nSPS) is 11.0.